The number of amides is 1. The Labute approximate surface area is 171 Å². The lowest BCUT2D eigenvalue weighted by Gasteiger charge is -2.14. The summed E-state index contributed by atoms with van der Waals surface area (Å²) in [6, 6.07) is 14.7. The molecule has 28 heavy (non-hydrogen) atoms. The highest BCUT2D eigenvalue weighted by Gasteiger charge is 2.11. The second-order valence-corrected chi connectivity index (χ2v) is 9.06. The van der Waals surface area contributed by atoms with E-state index in [2.05, 4.69) is 5.32 Å². The van der Waals surface area contributed by atoms with E-state index in [1.54, 1.807) is 24.3 Å². The Balaban J connectivity index is 1.67. The van der Waals surface area contributed by atoms with Crippen LogP contribution < -0.4 is 10.1 Å². The molecular formula is C20H25ClN2O4S. The maximum atomic E-state index is 11.9. The molecule has 0 aliphatic rings. The minimum atomic E-state index is -3.22. The van der Waals surface area contributed by atoms with Crippen LogP contribution in [0.2, 0.25) is 5.02 Å². The number of nitrogens with one attached hydrogen (secondary N) is 1. The first-order valence-corrected chi connectivity index (χ1v) is 11.1. The monoisotopic (exact) mass is 424 g/mol. The minimum absolute atomic E-state index is 0.0659. The van der Waals surface area contributed by atoms with Crippen LogP contribution in [0.15, 0.2) is 48.5 Å². The van der Waals surface area contributed by atoms with Crippen molar-refractivity contribution in [2.24, 2.45) is 0 Å². The molecule has 0 atom stereocenters. The molecule has 1 N–H and O–H groups in total. The Morgan fingerprint density at radius 3 is 2.29 bits per heavy atom. The Bertz CT molecular complexity index is 868. The van der Waals surface area contributed by atoms with Gasteiger partial charge in [-0.05, 0) is 48.2 Å². The number of hydrogen-bond donors (Lipinski definition) is 1. The lowest BCUT2D eigenvalue weighted by atomic mass is 10.1. The Morgan fingerprint density at radius 2 is 1.68 bits per heavy atom. The predicted octanol–water partition coefficient (Wildman–Crippen LogP) is 2.86. The summed E-state index contributed by atoms with van der Waals surface area (Å²) in [5.74, 6) is 0.374. The first kappa shape index (κ1) is 22.2. The van der Waals surface area contributed by atoms with Gasteiger partial charge in [-0.2, -0.15) is 0 Å². The van der Waals surface area contributed by atoms with Gasteiger partial charge in [-0.1, -0.05) is 35.9 Å². The summed E-state index contributed by atoms with van der Waals surface area (Å²) < 4.78 is 29.6. The van der Waals surface area contributed by atoms with Crippen molar-refractivity contribution in [3.05, 3.63) is 64.7 Å². The van der Waals surface area contributed by atoms with Crippen molar-refractivity contribution in [2.75, 3.05) is 26.5 Å². The minimum Gasteiger partial charge on any atom is -0.484 e. The molecule has 0 saturated carbocycles. The van der Waals surface area contributed by atoms with Gasteiger partial charge in [0.25, 0.3) is 5.91 Å². The zero-order chi connectivity index (χ0) is 20.6. The first-order chi connectivity index (χ1) is 13.2. The van der Waals surface area contributed by atoms with Crippen molar-refractivity contribution in [1.82, 2.24) is 9.62 Å². The van der Waals surface area contributed by atoms with Crippen LogP contribution >= 0.6 is 11.6 Å². The van der Waals surface area contributed by atoms with E-state index in [1.807, 2.05) is 24.3 Å². The van der Waals surface area contributed by atoms with Crippen LogP contribution in [0, 0.1) is 0 Å². The molecule has 6 nitrogen and oxygen atoms in total. The Hall–Kier alpha value is -2.09. The lowest BCUT2D eigenvalue weighted by Crippen LogP contribution is -2.29. The summed E-state index contributed by atoms with van der Waals surface area (Å²) in [4.78, 5) is 11.9. The second-order valence-electron chi connectivity index (χ2n) is 6.53. The molecule has 0 saturated heterocycles. The highest BCUT2D eigenvalue weighted by atomic mass is 35.5. The Kier molecular flexibility index (Phi) is 8.29. The van der Waals surface area contributed by atoms with Crippen LogP contribution in [-0.2, 0) is 27.8 Å². The SMILES string of the molecule is CN(Cc1ccc(OCC(=O)NCCCc2ccc(Cl)cc2)cc1)S(C)(=O)=O. The summed E-state index contributed by atoms with van der Waals surface area (Å²) in [5.41, 5.74) is 2.02. The molecule has 0 spiro atoms. The fraction of sp³-hybridized carbons (Fsp3) is 0.350. The van der Waals surface area contributed by atoms with E-state index in [-0.39, 0.29) is 19.1 Å². The third kappa shape index (κ3) is 7.88. The first-order valence-electron chi connectivity index (χ1n) is 8.88. The van der Waals surface area contributed by atoms with Crippen molar-refractivity contribution < 1.29 is 17.9 Å². The molecule has 0 aliphatic heterocycles. The highest BCUT2D eigenvalue weighted by molar-refractivity contribution is 7.88. The molecule has 0 aromatic heterocycles. The molecule has 8 heteroatoms. The van der Waals surface area contributed by atoms with Gasteiger partial charge >= 0.3 is 0 Å². The van der Waals surface area contributed by atoms with Gasteiger partial charge in [-0.3, -0.25) is 4.79 Å². The topological polar surface area (TPSA) is 75.7 Å². The molecule has 0 fully saturated rings. The molecule has 0 aliphatic carbocycles. The number of halogens is 1. The van der Waals surface area contributed by atoms with Crippen molar-refractivity contribution >= 4 is 27.5 Å². The molecule has 0 unspecified atom stereocenters. The summed E-state index contributed by atoms with van der Waals surface area (Å²) in [6.07, 6.45) is 2.86. The number of hydrogen-bond acceptors (Lipinski definition) is 4. The third-order valence-corrected chi connectivity index (χ3v) is 5.66. The van der Waals surface area contributed by atoms with Gasteiger partial charge in [0.2, 0.25) is 10.0 Å². The van der Waals surface area contributed by atoms with E-state index < -0.39 is 10.0 Å². The summed E-state index contributed by atoms with van der Waals surface area (Å²) >= 11 is 5.85. The lowest BCUT2D eigenvalue weighted by molar-refractivity contribution is -0.123. The normalized spacial score (nSPS) is 11.4. The van der Waals surface area contributed by atoms with Crippen LogP contribution in [0.3, 0.4) is 0 Å². The van der Waals surface area contributed by atoms with Gasteiger partial charge < -0.3 is 10.1 Å². The average molecular weight is 425 g/mol. The molecule has 2 aromatic rings. The van der Waals surface area contributed by atoms with Crippen molar-refractivity contribution in [2.45, 2.75) is 19.4 Å². The molecule has 0 heterocycles. The molecule has 0 bridgehead atoms. The number of carbonyl (C=O) groups is 1. The maximum absolute atomic E-state index is 11.9. The number of sulfonamides is 1. The zero-order valence-corrected chi connectivity index (χ0v) is 17.6. The number of benzene rings is 2. The zero-order valence-electron chi connectivity index (χ0n) is 16.0. The van der Waals surface area contributed by atoms with Crippen molar-refractivity contribution in [1.29, 1.82) is 0 Å². The van der Waals surface area contributed by atoms with Crippen LogP contribution in [-0.4, -0.2) is 45.1 Å². The predicted molar refractivity (Wildman–Crippen MR) is 111 cm³/mol. The maximum Gasteiger partial charge on any atom is 0.257 e. The van der Waals surface area contributed by atoms with Crippen LogP contribution in [0.25, 0.3) is 0 Å². The molecule has 1 amide bonds. The molecule has 2 rings (SSSR count). The summed E-state index contributed by atoms with van der Waals surface area (Å²) in [5, 5.41) is 3.54. The van der Waals surface area contributed by atoms with Gasteiger partial charge in [-0.15, -0.1) is 0 Å². The van der Waals surface area contributed by atoms with E-state index >= 15 is 0 Å². The third-order valence-electron chi connectivity index (χ3n) is 4.14. The van der Waals surface area contributed by atoms with Gasteiger partial charge in [-0.25, -0.2) is 12.7 Å². The number of nitrogens with zero attached hydrogens (tertiary/aromatic N) is 1. The Morgan fingerprint density at radius 1 is 1.07 bits per heavy atom. The van der Waals surface area contributed by atoms with E-state index in [9.17, 15) is 13.2 Å². The number of carbonyl (C=O) groups excluding carboxylic acids is 1. The number of ether oxygens (including phenoxy) is 1. The fourth-order valence-electron chi connectivity index (χ4n) is 2.44. The second kappa shape index (κ2) is 10.5. The molecule has 2 aromatic carbocycles. The smallest absolute Gasteiger partial charge is 0.257 e. The standard InChI is InChI=1S/C20H25ClN2O4S/c1-23(28(2,25)26)14-17-7-11-19(12-8-17)27-15-20(24)22-13-3-4-16-5-9-18(21)10-6-16/h5-12H,3-4,13-15H2,1-2H3,(H,22,24). The fourth-order valence-corrected chi connectivity index (χ4v) is 2.95. The summed E-state index contributed by atoms with van der Waals surface area (Å²) in [6.45, 7) is 0.790. The average Bonchev–Trinajstić information content (AvgIpc) is 2.65. The molecule has 0 radical (unpaired) electrons. The van der Waals surface area contributed by atoms with Gasteiger partial charge in [0.05, 0.1) is 6.26 Å². The van der Waals surface area contributed by atoms with Crippen molar-refractivity contribution in [3.8, 4) is 5.75 Å². The van der Waals surface area contributed by atoms with Crippen LogP contribution in [0.1, 0.15) is 17.5 Å². The van der Waals surface area contributed by atoms with Gasteiger partial charge in [0.15, 0.2) is 6.61 Å². The number of rotatable bonds is 10. The molecular weight excluding hydrogens is 400 g/mol. The largest absolute Gasteiger partial charge is 0.484 e. The highest BCUT2D eigenvalue weighted by Crippen LogP contribution is 2.14. The quantitative estimate of drug-likeness (QED) is 0.595. The van der Waals surface area contributed by atoms with Crippen LogP contribution in [0.4, 0.5) is 0 Å². The summed E-state index contributed by atoms with van der Waals surface area (Å²) in [7, 11) is -1.70. The molecule has 152 valence electrons. The van der Waals surface area contributed by atoms with E-state index in [0.29, 0.717) is 17.3 Å². The van der Waals surface area contributed by atoms with Crippen LogP contribution in [0.5, 0.6) is 5.75 Å². The van der Waals surface area contributed by atoms with E-state index in [1.165, 1.54) is 23.2 Å². The van der Waals surface area contributed by atoms with Gasteiger partial charge in [0, 0.05) is 25.2 Å². The number of aryl methyl sites for hydroxylation is 1. The van der Waals surface area contributed by atoms with E-state index in [4.69, 9.17) is 16.3 Å². The van der Waals surface area contributed by atoms with E-state index in [0.717, 1.165) is 18.4 Å². The van der Waals surface area contributed by atoms with Crippen molar-refractivity contribution in [3.63, 3.8) is 0 Å². The van der Waals surface area contributed by atoms with Gasteiger partial charge in [0.1, 0.15) is 5.75 Å².